The first kappa shape index (κ1) is 19.2. The molecule has 0 saturated carbocycles. The van der Waals surface area contributed by atoms with Crippen LogP contribution >= 0.6 is 22.9 Å². The quantitative estimate of drug-likeness (QED) is 0.431. The van der Waals surface area contributed by atoms with Crippen LogP contribution in [-0.2, 0) is 0 Å². The molecule has 0 spiro atoms. The van der Waals surface area contributed by atoms with Gasteiger partial charge in [0.25, 0.3) is 5.91 Å². The molecule has 1 amide bonds. The molecule has 0 unspecified atom stereocenters. The minimum Gasteiger partial charge on any atom is -0.322 e. The molecule has 0 radical (unpaired) electrons. The topological polar surface area (TPSA) is 54.9 Å². The van der Waals surface area contributed by atoms with E-state index >= 15 is 0 Å². The maximum atomic E-state index is 13.7. The van der Waals surface area contributed by atoms with E-state index in [4.69, 9.17) is 11.6 Å². The second kappa shape index (κ2) is 8.06. The summed E-state index contributed by atoms with van der Waals surface area (Å²) in [5.74, 6) is -2.99. The number of carbonyl (C=O) groups is 1. The van der Waals surface area contributed by atoms with Crippen LogP contribution in [0.25, 0.3) is 21.7 Å². The van der Waals surface area contributed by atoms with Gasteiger partial charge in [0.05, 0.1) is 17.4 Å². The van der Waals surface area contributed by atoms with Crippen molar-refractivity contribution in [1.82, 2.24) is 9.97 Å². The van der Waals surface area contributed by atoms with Crippen molar-refractivity contribution in [2.24, 2.45) is 0 Å². The molecule has 2 aromatic heterocycles. The summed E-state index contributed by atoms with van der Waals surface area (Å²) in [6, 6.07) is 12.6. The lowest BCUT2D eigenvalue weighted by atomic mass is 10.0. The van der Waals surface area contributed by atoms with Crippen molar-refractivity contribution in [2.75, 3.05) is 5.32 Å². The molecule has 4 nitrogen and oxygen atoms in total. The van der Waals surface area contributed by atoms with Crippen LogP contribution in [-0.4, -0.2) is 15.9 Å². The highest BCUT2D eigenvalue weighted by Crippen LogP contribution is 2.33. The number of halogens is 3. The Morgan fingerprint density at radius 2 is 1.79 bits per heavy atom. The maximum Gasteiger partial charge on any atom is 0.261 e. The standard InChI is InChI=1S/C21H12ClF2N3OS/c22-16-9-14(27-20(28)19-17(23)10-25-11-18(19)24)4-5-15(16)12-2-1-3-13(8-12)21-26-6-7-29-21/h1-11H,(H,27,28). The number of pyridine rings is 1. The van der Waals surface area contributed by atoms with Gasteiger partial charge in [-0.1, -0.05) is 35.9 Å². The fourth-order valence-corrected chi connectivity index (χ4v) is 3.76. The van der Waals surface area contributed by atoms with Crippen LogP contribution in [0.2, 0.25) is 5.02 Å². The van der Waals surface area contributed by atoms with Crippen molar-refractivity contribution in [3.05, 3.63) is 88.7 Å². The Bertz CT molecular complexity index is 1180. The zero-order valence-electron chi connectivity index (χ0n) is 14.7. The minimum absolute atomic E-state index is 0.315. The number of benzene rings is 2. The summed E-state index contributed by atoms with van der Waals surface area (Å²) in [4.78, 5) is 19.9. The van der Waals surface area contributed by atoms with Crippen LogP contribution in [0, 0.1) is 11.6 Å². The summed E-state index contributed by atoms with van der Waals surface area (Å²) in [5.41, 5.74) is 2.22. The van der Waals surface area contributed by atoms with Gasteiger partial charge in [-0.3, -0.25) is 9.78 Å². The lowest BCUT2D eigenvalue weighted by molar-refractivity contribution is 0.101. The molecule has 1 N–H and O–H groups in total. The number of hydrogen-bond donors (Lipinski definition) is 1. The van der Waals surface area contributed by atoms with Gasteiger partial charge < -0.3 is 5.32 Å². The SMILES string of the molecule is O=C(Nc1ccc(-c2cccc(-c3nccs3)c2)c(Cl)c1)c1c(F)cncc1F. The molecule has 2 aromatic carbocycles. The molecule has 0 aliphatic heterocycles. The van der Waals surface area contributed by atoms with Crippen molar-refractivity contribution in [3.8, 4) is 21.7 Å². The number of carbonyl (C=O) groups excluding carboxylic acids is 1. The molecule has 4 rings (SSSR count). The number of amides is 1. The number of hydrogen-bond acceptors (Lipinski definition) is 4. The summed E-state index contributed by atoms with van der Waals surface area (Å²) in [6.45, 7) is 0. The van der Waals surface area contributed by atoms with Gasteiger partial charge in [0.1, 0.15) is 10.6 Å². The van der Waals surface area contributed by atoms with Gasteiger partial charge in [-0.2, -0.15) is 0 Å². The normalized spacial score (nSPS) is 10.7. The van der Waals surface area contributed by atoms with E-state index in [1.807, 2.05) is 29.6 Å². The molecule has 0 saturated heterocycles. The largest absolute Gasteiger partial charge is 0.322 e. The maximum absolute atomic E-state index is 13.7. The van der Waals surface area contributed by atoms with Crippen molar-refractivity contribution in [3.63, 3.8) is 0 Å². The minimum atomic E-state index is -1.04. The van der Waals surface area contributed by atoms with Gasteiger partial charge in [-0.05, 0) is 23.8 Å². The van der Waals surface area contributed by atoms with E-state index in [0.29, 0.717) is 10.7 Å². The van der Waals surface area contributed by atoms with Gasteiger partial charge in [0.15, 0.2) is 11.6 Å². The Hall–Kier alpha value is -3.16. The molecule has 29 heavy (non-hydrogen) atoms. The van der Waals surface area contributed by atoms with E-state index in [1.54, 1.807) is 18.3 Å². The van der Waals surface area contributed by atoms with Crippen LogP contribution in [0.1, 0.15) is 10.4 Å². The molecule has 0 fully saturated rings. The zero-order chi connectivity index (χ0) is 20.4. The number of aromatic nitrogens is 2. The Labute approximate surface area is 173 Å². The van der Waals surface area contributed by atoms with Crippen LogP contribution in [0.3, 0.4) is 0 Å². The molecule has 2 heterocycles. The van der Waals surface area contributed by atoms with E-state index in [0.717, 1.165) is 34.1 Å². The first-order chi connectivity index (χ1) is 14.0. The van der Waals surface area contributed by atoms with Crippen LogP contribution in [0.5, 0.6) is 0 Å². The highest BCUT2D eigenvalue weighted by molar-refractivity contribution is 7.13. The van der Waals surface area contributed by atoms with Crippen LogP contribution in [0.15, 0.2) is 66.4 Å². The third kappa shape index (κ3) is 4.01. The average Bonchev–Trinajstić information content (AvgIpc) is 3.23. The molecule has 0 aliphatic carbocycles. The van der Waals surface area contributed by atoms with Crippen LogP contribution < -0.4 is 5.32 Å². The first-order valence-corrected chi connectivity index (χ1v) is 9.69. The Balaban J connectivity index is 1.61. The third-order valence-corrected chi connectivity index (χ3v) is 5.30. The molecule has 0 bridgehead atoms. The second-order valence-corrected chi connectivity index (χ2v) is 7.35. The summed E-state index contributed by atoms with van der Waals surface area (Å²) in [5, 5.41) is 5.64. The monoisotopic (exact) mass is 427 g/mol. The van der Waals surface area contributed by atoms with Crippen molar-refractivity contribution >= 4 is 34.5 Å². The Morgan fingerprint density at radius 3 is 2.48 bits per heavy atom. The molecule has 0 aliphatic rings. The van der Waals surface area contributed by atoms with Gasteiger partial charge in [-0.15, -0.1) is 11.3 Å². The van der Waals surface area contributed by atoms with E-state index < -0.39 is 23.1 Å². The second-order valence-electron chi connectivity index (χ2n) is 6.04. The molecule has 0 atom stereocenters. The fourth-order valence-electron chi connectivity index (χ4n) is 2.83. The van der Waals surface area contributed by atoms with Gasteiger partial charge in [0.2, 0.25) is 0 Å². The number of rotatable bonds is 4. The van der Waals surface area contributed by atoms with Crippen molar-refractivity contribution < 1.29 is 13.6 Å². The highest BCUT2D eigenvalue weighted by atomic mass is 35.5. The van der Waals surface area contributed by atoms with Gasteiger partial charge in [-0.25, -0.2) is 13.8 Å². The fraction of sp³-hybridized carbons (Fsp3) is 0. The zero-order valence-corrected chi connectivity index (χ0v) is 16.3. The number of thiazole rings is 1. The summed E-state index contributed by atoms with van der Waals surface area (Å²) >= 11 is 7.95. The van der Waals surface area contributed by atoms with Crippen molar-refractivity contribution in [1.29, 1.82) is 0 Å². The number of nitrogens with one attached hydrogen (secondary N) is 1. The predicted molar refractivity (Wildman–Crippen MR) is 110 cm³/mol. The number of anilines is 1. The first-order valence-electron chi connectivity index (χ1n) is 8.43. The lowest BCUT2D eigenvalue weighted by Gasteiger charge is -2.10. The lowest BCUT2D eigenvalue weighted by Crippen LogP contribution is -2.16. The molecular weight excluding hydrogens is 416 g/mol. The molecule has 144 valence electrons. The van der Waals surface area contributed by atoms with Gasteiger partial charge >= 0.3 is 0 Å². The van der Waals surface area contributed by atoms with Gasteiger partial charge in [0, 0.05) is 28.4 Å². The van der Waals surface area contributed by atoms with E-state index in [2.05, 4.69) is 15.3 Å². The van der Waals surface area contributed by atoms with E-state index in [9.17, 15) is 13.6 Å². The highest BCUT2D eigenvalue weighted by Gasteiger charge is 2.18. The molecule has 4 aromatic rings. The summed E-state index contributed by atoms with van der Waals surface area (Å²) in [7, 11) is 0. The Kier molecular flexibility index (Phi) is 5.33. The summed E-state index contributed by atoms with van der Waals surface area (Å²) < 4.78 is 27.5. The van der Waals surface area contributed by atoms with Crippen LogP contribution in [0.4, 0.5) is 14.5 Å². The van der Waals surface area contributed by atoms with Crippen molar-refractivity contribution in [2.45, 2.75) is 0 Å². The summed E-state index contributed by atoms with van der Waals surface area (Å²) in [6.07, 6.45) is 3.30. The number of nitrogens with zero attached hydrogens (tertiary/aromatic N) is 2. The Morgan fingerprint density at radius 1 is 1.03 bits per heavy atom. The molecular formula is C21H12ClF2N3OS. The smallest absolute Gasteiger partial charge is 0.261 e. The van der Waals surface area contributed by atoms with E-state index in [-0.39, 0.29) is 0 Å². The van der Waals surface area contributed by atoms with E-state index in [1.165, 1.54) is 17.4 Å². The predicted octanol–water partition coefficient (Wildman–Crippen LogP) is 6.06. The molecule has 8 heteroatoms. The average molecular weight is 428 g/mol. The third-order valence-electron chi connectivity index (χ3n) is 4.16.